The van der Waals surface area contributed by atoms with Crippen LogP contribution in [-0.2, 0) is 13.0 Å². The van der Waals surface area contributed by atoms with Gasteiger partial charge >= 0.3 is 0 Å². The Labute approximate surface area is 108 Å². The van der Waals surface area contributed by atoms with Gasteiger partial charge in [0.2, 0.25) is 0 Å². The van der Waals surface area contributed by atoms with Crippen molar-refractivity contribution >= 4 is 23.2 Å². The topological polar surface area (TPSA) is 17.8 Å². The molecule has 0 fully saturated rings. The van der Waals surface area contributed by atoms with Crippen LogP contribution in [0.5, 0.6) is 0 Å². The summed E-state index contributed by atoms with van der Waals surface area (Å²) in [6.07, 6.45) is 4.66. The second-order valence-electron chi connectivity index (χ2n) is 4.46. The van der Waals surface area contributed by atoms with Crippen LogP contribution in [0.15, 0.2) is 6.20 Å². The predicted molar refractivity (Wildman–Crippen MR) is 70.3 cm³/mol. The van der Waals surface area contributed by atoms with E-state index in [1.807, 2.05) is 4.68 Å². The molecule has 0 N–H and O–H groups in total. The highest BCUT2D eigenvalue weighted by atomic mass is 35.5. The van der Waals surface area contributed by atoms with Crippen molar-refractivity contribution < 1.29 is 0 Å². The lowest BCUT2D eigenvalue weighted by Crippen LogP contribution is -2.11. The van der Waals surface area contributed by atoms with Gasteiger partial charge in [-0.2, -0.15) is 5.10 Å². The lowest BCUT2D eigenvalue weighted by atomic mass is 10.0. The van der Waals surface area contributed by atoms with E-state index in [2.05, 4.69) is 25.9 Å². The fourth-order valence-electron chi connectivity index (χ4n) is 1.65. The highest BCUT2D eigenvalue weighted by molar-refractivity contribution is 6.31. The Kier molecular flexibility index (Phi) is 5.63. The van der Waals surface area contributed by atoms with Crippen molar-refractivity contribution in [2.24, 2.45) is 5.92 Å². The molecule has 1 aromatic heterocycles. The van der Waals surface area contributed by atoms with Crippen molar-refractivity contribution in [3.05, 3.63) is 16.9 Å². The van der Waals surface area contributed by atoms with Crippen LogP contribution in [0.2, 0.25) is 5.02 Å². The molecular weight excluding hydrogens is 243 g/mol. The van der Waals surface area contributed by atoms with Crippen LogP contribution in [0.1, 0.15) is 39.3 Å². The van der Waals surface area contributed by atoms with Crippen LogP contribution in [0.4, 0.5) is 0 Å². The first-order valence-electron chi connectivity index (χ1n) is 5.90. The number of hydrogen-bond acceptors (Lipinski definition) is 1. The number of alkyl halides is 1. The maximum absolute atomic E-state index is 6.24. The molecule has 0 aliphatic heterocycles. The molecule has 1 unspecified atom stereocenters. The van der Waals surface area contributed by atoms with Crippen molar-refractivity contribution in [1.82, 2.24) is 9.78 Å². The monoisotopic (exact) mass is 262 g/mol. The van der Waals surface area contributed by atoms with Crippen LogP contribution in [0, 0.1) is 5.92 Å². The van der Waals surface area contributed by atoms with E-state index in [1.165, 1.54) is 0 Å². The molecule has 0 aliphatic rings. The molecule has 1 atom stereocenters. The first kappa shape index (κ1) is 13.9. The summed E-state index contributed by atoms with van der Waals surface area (Å²) in [5, 5.41) is 5.24. The Morgan fingerprint density at radius 1 is 1.44 bits per heavy atom. The molecule has 92 valence electrons. The summed E-state index contributed by atoms with van der Waals surface area (Å²) in [5.74, 6) is 0.503. The van der Waals surface area contributed by atoms with Crippen molar-refractivity contribution in [2.75, 3.05) is 0 Å². The minimum Gasteiger partial charge on any atom is -0.268 e. The number of halogens is 2. The number of aryl methyl sites for hydroxylation is 1. The maximum atomic E-state index is 6.24. The van der Waals surface area contributed by atoms with E-state index in [1.54, 1.807) is 6.20 Å². The summed E-state index contributed by atoms with van der Waals surface area (Å²) in [6.45, 7) is 7.35. The highest BCUT2D eigenvalue weighted by Crippen LogP contribution is 2.21. The van der Waals surface area contributed by atoms with Crippen LogP contribution in [-0.4, -0.2) is 15.2 Å². The van der Waals surface area contributed by atoms with E-state index < -0.39 is 0 Å². The number of hydrogen-bond donors (Lipinski definition) is 0. The first-order valence-corrected chi connectivity index (χ1v) is 6.72. The molecule has 0 spiro atoms. The first-order chi connectivity index (χ1) is 7.56. The largest absolute Gasteiger partial charge is 0.268 e. The van der Waals surface area contributed by atoms with Gasteiger partial charge in [-0.3, -0.25) is 4.68 Å². The molecule has 2 nitrogen and oxygen atoms in total. The van der Waals surface area contributed by atoms with Gasteiger partial charge in [0.1, 0.15) is 0 Å². The van der Waals surface area contributed by atoms with E-state index in [0.717, 1.165) is 36.5 Å². The van der Waals surface area contributed by atoms with Gasteiger partial charge in [0.15, 0.2) is 0 Å². The van der Waals surface area contributed by atoms with Gasteiger partial charge in [-0.15, -0.1) is 11.6 Å². The summed E-state index contributed by atoms with van der Waals surface area (Å²) in [6, 6.07) is 0. The van der Waals surface area contributed by atoms with Gasteiger partial charge < -0.3 is 0 Å². The Morgan fingerprint density at radius 3 is 2.69 bits per heavy atom. The van der Waals surface area contributed by atoms with E-state index in [9.17, 15) is 0 Å². The van der Waals surface area contributed by atoms with Gasteiger partial charge in [-0.05, 0) is 25.2 Å². The molecule has 0 bridgehead atoms. The SMILES string of the molecule is CCCn1ncc(Cl)c1CCC(Cl)C(C)C. The number of nitrogens with zero attached hydrogens (tertiary/aromatic N) is 2. The Bertz CT molecular complexity index is 321. The molecule has 0 saturated heterocycles. The van der Waals surface area contributed by atoms with Crippen molar-refractivity contribution in [1.29, 1.82) is 0 Å². The van der Waals surface area contributed by atoms with E-state index in [0.29, 0.717) is 5.92 Å². The average molecular weight is 263 g/mol. The van der Waals surface area contributed by atoms with Gasteiger partial charge in [0.25, 0.3) is 0 Å². The fraction of sp³-hybridized carbons (Fsp3) is 0.750. The highest BCUT2D eigenvalue weighted by Gasteiger charge is 2.13. The van der Waals surface area contributed by atoms with Crippen LogP contribution >= 0.6 is 23.2 Å². The zero-order valence-electron chi connectivity index (χ0n) is 10.2. The third-order valence-electron chi connectivity index (χ3n) is 2.71. The van der Waals surface area contributed by atoms with Gasteiger partial charge in [0.05, 0.1) is 16.9 Å². The maximum Gasteiger partial charge on any atom is 0.0817 e. The van der Waals surface area contributed by atoms with E-state index >= 15 is 0 Å². The second kappa shape index (κ2) is 6.51. The third-order valence-corrected chi connectivity index (χ3v) is 3.75. The molecule has 4 heteroatoms. The molecule has 1 rings (SSSR count). The molecule has 0 radical (unpaired) electrons. The average Bonchev–Trinajstić information content (AvgIpc) is 2.57. The zero-order chi connectivity index (χ0) is 12.1. The minimum absolute atomic E-state index is 0.209. The second-order valence-corrected chi connectivity index (χ2v) is 5.43. The fourth-order valence-corrected chi connectivity index (χ4v) is 1.99. The van der Waals surface area contributed by atoms with Crippen LogP contribution in [0.3, 0.4) is 0 Å². The van der Waals surface area contributed by atoms with Crippen LogP contribution in [0.25, 0.3) is 0 Å². The van der Waals surface area contributed by atoms with Crippen molar-refractivity contribution in [3.8, 4) is 0 Å². The summed E-state index contributed by atoms with van der Waals surface area (Å²) >= 11 is 12.4. The normalized spacial score (nSPS) is 13.4. The number of rotatable bonds is 6. The Balaban J connectivity index is 2.61. The molecule has 1 aromatic rings. The summed E-state index contributed by atoms with van der Waals surface area (Å²) in [4.78, 5) is 0. The van der Waals surface area contributed by atoms with Crippen molar-refractivity contribution in [2.45, 2.75) is 52.0 Å². The van der Waals surface area contributed by atoms with E-state index in [4.69, 9.17) is 23.2 Å². The quantitative estimate of drug-likeness (QED) is 0.705. The smallest absolute Gasteiger partial charge is 0.0817 e. The van der Waals surface area contributed by atoms with Gasteiger partial charge in [-0.1, -0.05) is 32.4 Å². The molecule has 1 heterocycles. The Morgan fingerprint density at radius 2 is 2.12 bits per heavy atom. The summed E-state index contributed by atoms with van der Waals surface area (Å²) in [5.41, 5.74) is 1.12. The third kappa shape index (κ3) is 3.67. The molecule has 0 aromatic carbocycles. The molecule has 0 saturated carbocycles. The minimum atomic E-state index is 0.209. The lowest BCUT2D eigenvalue weighted by Gasteiger charge is -2.13. The Hall–Kier alpha value is -0.210. The van der Waals surface area contributed by atoms with Crippen molar-refractivity contribution in [3.63, 3.8) is 0 Å². The standard InChI is InChI=1S/C12H20Cl2N2/c1-4-7-16-12(11(14)8-15-16)6-5-10(13)9(2)3/h8-10H,4-7H2,1-3H3. The summed E-state index contributed by atoms with van der Waals surface area (Å²) in [7, 11) is 0. The summed E-state index contributed by atoms with van der Waals surface area (Å²) < 4.78 is 1.99. The molecule has 16 heavy (non-hydrogen) atoms. The molecular formula is C12H20Cl2N2. The van der Waals surface area contributed by atoms with Crippen LogP contribution < -0.4 is 0 Å². The van der Waals surface area contributed by atoms with E-state index in [-0.39, 0.29) is 5.38 Å². The predicted octanol–water partition coefficient (Wildman–Crippen LogP) is 4.14. The van der Waals surface area contributed by atoms with Gasteiger partial charge in [0, 0.05) is 11.9 Å². The lowest BCUT2D eigenvalue weighted by molar-refractivity contribution is 0.531. The van der Waals surface area contributed by atoms with Gasteiger partial charge in [-0.25, -0.2) is 0 Å². The number of aromatic nitrogens is 2. The zero-order valence-corrected chi connectivity index (χ0v) is 11.7. The molecule has 0 aliphatic carbocycles. The molecule has 0 amide bonds.